The number of methoxy groups -OCH3 is 2. The van der Waals surface area contributed by atoms with Crippen molar-refractivity contribution in [1.82, 2.24) is 14.5 Å². The van der Waals surface area contributed by atoms with E-state index in [9.17, 15) is 5.11 Å². The molecular formula is C30H35N3O5. The Hall–Kier alpha value is -3.46. The highest BCUT2D eigenvalue weighted by molar-refractivity contribution is 5.84. The normalized spacial score (nSPS) is 21.2. The first-order chi connectivity index (χ1) is 18.6. The van der Waals surface area contributed by atoms with Gasteiger partial charge in [-0.3, -0.25) is 0 Å². The van der Waals surface area contributed by atoms with E-state index in [4.69, 9.17) is 18.9 Å². The van der Waals surface area contributed by atoms with Crippen molar-refractivity contribution in [2.24, 2.45) is 5.92 Å². The van der Waals surface area contributed by atoms with Crippen LogP contribution in [0.4, 0.5) is 0 Å². The predicted molar refractivity (Wildman–Crippen MR) is 144 cm³/mol. The van der Waals surface area contributed by atoms with E-state index >= 15 is 0 Å². The Morgan fingerprint density at radius 3 is 2.42 bits per heavy atom. The molecule has 1 fully saturated rings. The van der Waals surface area contributed by atoms with Gasteiger partial charge in [-0.15, -0.1) is 0 Å². The van der Waals surface area contributed by atoms with Gasteiger partial charge in [0, 0.05) is 17.7 Å². The van der Waals surface area contributed by atoms with Crippen LogP contribution in [0.15, 0.2) is 67.1 Å². The van der Waals surface area contributed by atoms with Crippen LogP contribution in [-0.4, -0.2) is 46.1 Å². The number of aromatic nitrogens is 3. The van der Waals surface area contributed by atoms with Gasteiger partial charge < -0.3 is 28.6 Å². The Kier molecular flexibility index (Phi) is 8.22. The summed E-state index contributed by atoms with van der Waals surface area (Å²) in [5.74, 6) is 1.39. The molecule has 0 saturated heterocycles. The first kappa shape index (κ1) is 26.2. The molecule has 8 heteroatoms. The molecule has 2 aromatic heterocycles. The summed E-state index contributed by atoms with van der Waals surface area (Å²) in [5, 5.41) is 11.3. The van der Waals surface area contributed by atoms with Crippen molar-refractivity contribution in [3.05, 3.63) is 83.8 Å². The van der Waals surface area contributed by atoms with Crippen molar-refractivity contribution in [2.45, 2.75) is 57.8 Å². The van der Waals surface area contributed by atoms with Crippen LogP contribution in [-0.2, 0) is 29.4 Å². The van der Waals surface area contributed by atoms with Crippen molar-refractivity contribution >= 4 is 11.0 Å². The number of ether oxygens (including phenoxy) is 4. The number of rotatable bonds is 11. The number of fused-ring (bicyclic) bond motifs is 1. The summed E-state index contributed by atoms with van der Waals surface area (Å²) in [7, 11) is 3.26. The fourth-order valence-corrected chi connectivity index (χ4v) is 5.43. The maximum Gasteiger partial charge on any atom is 0.241 e. The van der Waals surface area contributed by atoms with Gasteiger partial charge in [0.25, 0.3) is 0 Å². The van der Waals surface area contributed by atoms with E-state index in [2.05, 4.69) is 23.1 Å². The van der Waals surface area contributed by atoms with Gasteiger partial charge in [-0.25, -0.2) is 4.98 Å². The highest BCUT2D eigenvalue weighted by Gasteiger charge is 2.44. The topological polar surface area (TPSA) is 87.9 Å². The minimum Gasteiger partial charge on any atom is -0.497 e. The van der Waals surface area contributed by atoms with Gasteiger partial charge in [0.1, 0.15) is 24.3 Å². The summed E-state index contributed by atoms with van der Waals surface area (Å²) in [4.78, 5) is 9.00. The maximum absolute atomic E-state index is 11.3. The quantitative estimate of drug-likeness (QED) is 0.297. The van der Waals surface area contributed by atoms with Crippen LogP contribution in [0.2, 0.25) is 0 Å². The van der Waals surface area contributed by atoms with E-state index in [1.165, 1.54) is 6.33 Å². The molecule has 1 aliphatic rings. The molecule has 0 unspecified atom stereocenters. The average molecular weight is 518 g/mol. The molecule has 4 aromatic rings. The van der Waals surface area contributed by atoms with E-state index in [0.29, 0.717) is 25.8 Å². The molecule has 0 aliphatic heterocycles. The SMILES string of the molecule is CC[C@H]1C[C@@H](c2cn(COCc3ccccc3)c3c(OC)ncnc23)[C@H](OCc2ccc(OC)cc2)[C@H]1O. The maximum atomic E-state index is 11.3. The van der Waals surface area contributed by atoms with Gasteiger partial charge >= 0.3 is 0 Å². The number of nitrogens with zero attached hydrogens (tertiary/aromatic N) is 3. The van der Waals surface area contributed by atoms with Crippen molar-refractivity contribution in [1.29, 1.82) is 0 Å². The number of aliphatic hydroxyl groups excluding tert-OH is 1. The molecule has 2 heterocycles. The Balaban J connectivity index is 1.43. The summed E-state index contributed by atoms with van der Waals surface area (Å²) >= 11 is 0. The van der Waals surface area contributed by atoms with Crippen molar-refractivity contribution in [3.63, 3.8) is 0 Å². The summed E-state index contributed by atoms with van der Waals surface area (Å²) in [6, 6.07) is 17.9. The summed E-state index contributed by atoms with van der Waals surface area (Å²) in [5.41, 5.74) is 4.72. The lowest BCUT2D eigenvalue weighted by Crippen LogP contribution is -2.30. The molecule has 5 rings (SSSR count). The van der Waals surface area contributed by atoms with Crippen LogP contribution in [0.1, 0.15) is 42.4 Å². The Labute approximate surface area is 223 Å². The minimum atomic E-state index is -0.570. The Bertz CT molecular complexity index is 1330. The van der Waals surface area contributed by atoms with Crippen molar-refractivity contribution < 1.29 is 24.1 Å². The van der Waals surface area contributed by atoms with Gasteiger partial charge in [0.2, 0.25) is 5.88 Å². The fraction of sp³-hybridized carbons (Fsp3) is 0.400. The van der Waals surface area contributed by atoms with E-state index in [1.807, 2.05) is 59.2 Å². The van der Waals surface area contributed by atoms with Crippen LogP contribution < -0.4 is 9.47 Å². The zero-order chi connectivity index (χ0) is 26.5. The zero-order valence-corrected chi connectivity index (χ0v) is 22.1. The van der Waals surface area contributed by atoms with E-state index in [-0.39, 0.29) is 17.9 Å². The molecule has 2 aromatic carbocycles. The van der Waals surface area contributed by atoms with Crippen LogP contribution >= 0.6 is 0 Å². The number of benzene rings is 2. The van der Waals surface area contributed by atoms with Crippen LogP contribution in [0, 0.1) is 5.92 Å². The van der Waals surface area contributed by atoms with Gasteiger partial charge in [0.05, 0.1) is 45.2 Å². The molecule has 0 radical (unpaired) electrons. The molecule has 4 atom stereocenters. The molecule has 38 heavy (non-hydrogen) atoms. The summed E-state index contributed by atoms with van der Waals surface area (Å²) < 4.78 is 25.4. The highest BCUT2D eigenvalue weighted by atomic mass is 16.5. The first-order valence-electron chi connectivity index (χ1n) is 13.0. The lowest BCUT2D eigenvalue weighted by Gasteiger charge is -2.23. The van der Waals surface area contributed by atoms with Crippen molar-refractivity contribution in [2.75, 3.05) is 14.2 Å². The molecule has 1 N–H and O–H groups in total. The number of hydrogen-bond donors (Lipinski definition) is 1. The third-order valence-electron chi connectivity index (χ3n) is 7.48. The largest absolute Gasteiger partial charge is 0.497 e. The molecular weight excluding hydrogens is 482 g/mol. The van der Waals surface area contributed by atoms with Gasteiger partial charge in [-0.2, -0.15) is 4.98 Å². The fourth-order valence-electron chi connectivity index (χ4n) is 5.43. The predicted octanol–water partition coefficient (Wildman–Crippen LogP) is 5.08. The smallest absolute Gasteiger partial charge is 0.241 e. The van der Waals surface area contributed by atoms with Crippen LogP contribution in [0.5, 0.6) is 11.6 Å². The lowest BCUT2D eigenvalue weighted by molar-refractivity contribution is -0.0471. The third-order valence-corrected chi connectivity index (χ3v) is 7.48. The second-order valence-electron chi connectivity index (χ2n) is 9.72. The average Bonchev–Trinajstić information content (AvgIpc) is 3.49. The number of hydrogen-bond acceptors (Lipinski definition) is 7. The van der Waals surface area contributed by atoms with Crippen molar-refractivity contribution in [3.8, 4) is 11.6 Å². The standard InChI is InChI=1S/C30H35N3O5/c1-4-22-14-24(29(28(22)34)38-17-21-10-12-23(35-2)13-11-21)25-15-33(19-37-16-20-8-6-5-7-9-20)27-26(25)31-18-32-30(27)36-3/h5-13,15,18,22,24,28-29,34H,4,14,16-17,19H2,1-3H3/t22-,24-,28-,29-/m0/s1. The molecule has 0 amide bonds. The van der Waals surface area contributed by atoms with Crippen LogP contribution in [0.3, 0.4) is 0 Å². The van der Waals surface area contributed by atoms with E-state index in [0.717, 1.165) is 46.3 Å². The molecule has 1 saturated carbocycles. The highest BCUT2D eigenvalue weighted by Crippen LogP contribution is 2.45. The molecule has 200 valence electrons. The van der Waals surface area contributed by atoms with Crippen LogP contribution in [0.25, 0.3) is 11.0 Å². The summed E-state index contributed by atoms with van der Waals surface area (Å²) in [6.07, 6.45) is 4.33. The molecule has 0 spiro atoms. The third kappa shape index (κ3) is 5.38. The zero-order valence-electron chi connectivity index (χ0n) is 22.1. The Morgan fingerprint density at radius 2 is 1.71 bits per heavy atom. The molecule has 8 nitrogen and oxygen atoms in total. The van der Waals surface area contributed by atoms with Gasteiger partial charge in [0.15, 0.2) is 0 Å². The minimum absolute atomic E-state index is 0.0364. The molecule has 0 bridgehead atoms. The van der Waals surface area contributed by atoms with E-state index in [1.54, 1.807) is 14.2 Å². The second kappa shape index (κ2) is 11.9. The monoisotopic (exact) mass is 517 g/mol. The van der Waals surface area contributed by atoms with Gasteiger partial charge in [-0.1, -0.05) is 55.8 Å². The van der Waals surface area contributed by atoms with E-state index < -0.39 is 6.10 Å². The second-order valence-corrected chi connectivity index (χ2v) is 9.72. The lowest BCUT2D eigenvalue weighted by atomic mass is 9.95. The van der Waals surface area contributed by atoms with Gasteiger partial charge in [-0.05, 0) is 35.6 Å². The molecule has 1 aliphatic carbocycles. The Morgan fingerprint density at radius 1 is 0.947 bits per heavy atom. The summed E-state index contributed by atoms with van der Waals surface area (Å²) in [6.45, 7) is 3.32. The number of aliphatic hydroxyl groups is 1. The first-order valence-corrected chi connectivity index (χ1v) is 13.0.